The molecular weight excluding hydrogens is 536 g/mol. The first-order valence-corrected chi connectivity index (χ1v) is 13.3. The Morgan fingerprint density at radius 3 is 2.41 bits per heavy atom. The number of hydrogen-bond donors (Lipinski definition) is 3. The summed E-state index contributed by atoms with van der Waals surface area (Å²) in [5.74, 6) is -4.25. The van der Waals surface area contributed by atoms with Gasteiger partial charge in [-0.05, 0) is 39.8 Å². The first kappa shape index (κ1) is 30.7. The topological polar surface area (TPSA) is 158 Å². The van der Waals surface area contributed by atoms with Crippen molar-refractivity contribution in [1.82, 2.24) is 14.6 Å². The maximum absolute atomic E-state index is 15.8. The molecule has 12 nitrogen and oxygen atoms in total. The van der Waals surface area contributed by atoms with Gasteiger partial charge in [-0.25, -0.2) is 13.8 Å². The Morgan fingerprint density at radius 1 is 1.22 bits per heavy atom. The predicted molar refractivity (Wildman–Crippen MR) is 132 cm³/mol. The van der Waals surface area contributed by atoms with Crippen LogP contribution in [0.2, 0.25) is 0 Å². The van der Waals surface area contributed by atoms with Gasteiger partial charge in [-0.1, -0.05) is 18.2 Å². The van der Waals surface area contributed by atoms with Gasteiger partial charge in [-0.2, -0.15) is 5.09 Å². The minimum atomic E-state index is -4.50. The molecule has 1 heterocycles. The number of rotatable bonds is 14. The van der Waals surface area contributed by atoms with Crippen LogP contribution in [0.15, 0.2) is 52.2 Å². The highest BCUT2D eigenvalue weighted by Crippen LogP contribution is 2.46. The van der Waals surface area contributed by atoms with Crippen molar-refractivity contribution >= 4 is 25.3 Å². The quantitative estimate of drug-likeness (QED) is 0.176. The van der Waals surface area contributed by atoms with Crippen molar-refractivity contribution in [1.29, 1.82) is 0 Å². The summed E-state index contributed by atoms with van der Waals surface area (Å²) in [6.45, 7) is 4.44. The number of hydrogen-bond acceptors (Lipinski definition) is 9. The average Bonchev–Trinajstić information content (AvgIpc) is 2.81. The minimum absolute atomic E-state index is 0.0728. The third kappa shape index (κ3) is 9.06. The Balaban J connectivity index is 2.31. The van der Waals surface area contributed by atoms with Gasteiger partial charge in [-0.3, -0.25) is 23.7 Å². The summed E-state index contributed by atoms with van der Waals surface area (Å²) in [6.07, 6.45) is -2.82. The third-order valence-electron chi connectivity index (χ3n) is 4.71. The summed E-state index contributed by atoms with van der Waals surface area (Å²) < 4.78 is 51.3. The van der Waals surface area contributed by atoms with Gasteiger partial charge in [0.2, 0.25) is 0 Å². The van der Waals surface area contributed by atoms with Gasteiger partial charge in [0.15, 0.2) is 6.23 Å². The van der Waals surface area contributed by atoms with E-state index in [1.807, 2.05) is 4.98 Å². The van der Waals surface area contributed by atoms with Crippen molar-refractivity contribution in [2.24, 2.45) is 0 Å². The lowest BCUT2D eigenvalue weighted by molar-refractivity contribution is -0.253. The molecule has 0 aliphatic carbocycles. The van der Waals surface area contributed by atoms with E-state index in [1.165, 1.54) is 19.1 Å². The number of nitrogens with one attached hydrogen (secondary N) is 2. The second-order valence-electron chi connectivity index (χ2n) is 8.22. The minimum Gasteiger partial charge on any atom is -0.462 e. The number of aliphatic hydroxyl groups excluding tert-OH is 1. The lowest BCUT2D eigenvalue weighted by Gasteiger charge is -2.33. The molecule has 5 atom stereocenters. The summed E-state index contributed by atoms with van der Waals surface area (Å²) in [7, 11) is -4.50. The number of alkyl halides is 2. The van der Waals surface area contributed by atoms with Crippen LogP contribution < -0.4 is 20.9 Å². The largest absolute Gasteiger partial charge is 0.462 e. The van der Waals surface area contributed by atoms with Crippen molar-refractivity contribution in [2.45, 2.75) is 58.0 Å². The van der Waals surface area contributed by atoms with Crippen LogP contribution in [0, 0.1) is 0 Å². The Labute approximate surface area is 217 Å². The summed E-state index contributed by atoms with van der Waals surface area (Å²) in [5.41, 5.74) is -1.64. The van der Waals surface area contributed by atoms with Crippen LogP contribution in [0.4, 0.5) is 4.39 Å². The first-order valence-electron chi connectivity index (χ1n) is 11.2. The van der Waals surface area contributed by atoms with Gasteiger partial charge in [0.05, 0.1) is 12.0 Å². The molecule has 2 aromatic rings. The van der Waals surface area contributed by atoms with Crippen molar-refractivity contribution in [2.75, 3.05) is 12.5 Å². The van der Waals surface area contributed by atoms with E-state index in [2.05, 4.69) is 5.09 Å². The highest BCUT2D eigenvalue weighted by atomic mass is 35.5. The molecule has 0 aliphatic heterocycles. The molecule has 0 radical (unpaired) electrons. The number of esters is 1. The Morgan fingerprint density at radius 2 is 1.86 bits per heavy atom. The number of aromatic nitrogens is 2. The molecule has 2 rings (SSSR count). The summed E-state index contributed by atoms with van der Waals surface area (Å²) in [6, 6.07) is 7.54. The Bertz CT molecular complexity index is 1190. The lowest BCUT2D eigenvalue weighted by atomic mass is 10.2. The molecular formula is C22H30ClFN3O9P. The lowest BCUT2D eigenvalue weighted by Crippen LogP contribution is -2.47. The molecule has 0 saturated heterocycles. The van der Waals surface area contributed by atoms with Gasteiger partial charge in [-0.15, -0.1) is 11.6 Å². The van der Waals surface area contributed by atoms with E-state index in [0.29, 0.717) is 0 Å². The van der Waals surface area contributed by atoms with Crippen LogP contribution in [0.1, 0.15) is 33.9 Å². The molecule has 0 aliphatic rings. The van der Waals surface area contributed by atoms with Crippen molar-refractivity contribution in [3.8, 4) is 5.75 Å². The molecule has 1 aromatic carbocycles. The predicted octanol–water partition coefficient (Wildman–Crippen LogP) is 2.47. The van der Waals surface area contributed by atoms with Gasteiger partial charge in [0.1, 0.15) is 24.5 Å². The fourth-order valence-corrected chi connectivity index (χ4v) is 4.52. The second-order valence-corrected chi connectivity index (χ2v) is 10.2. The zero-order chi connectivity index (χ0) is 27.8. The summed E-state index contributed by atoms with van der Waals surface area (Å²) >= 11 is 5.86. The molecule has 0 bridgehead atoms. The number of H-pyrrole nitrogens is 1. The Kier molecular flexibility index (Phi) is 11.0. The van der Waals surface area contributed by atoms with Gasteiger partial charge in [0, 0.05) is 12.3 Å². The number of carbonyl (C=O) groups is 1. The molecule has 0 spiro atoms. The van der Waals surface area contributed by atoms with Gasteiger partial charge in [0.25, 0.3) is 11.4 Å². The van der Waals surface area contributed by atoms with Crippen LogP contribution in [-0.2, 0) is 23.4 Å². The second kappa shape index (κ2) is 13.3. The van der Waals surface area contributed by atoms with E-state index in [0.717, 1.165) is 23.8 Å². The number of aromatic amines is 1. The van der Waals surface area contributed by atoms with E-state index < -0.39 is 67.8 Å². The molecule has 0 amide bonds. The van der Waals surface area contributed by atoms with Crippen LogP contribution in [0.25, 0.3) is 0 Å². The van der Waals surface area contributed by atoms with Gasteiger partial charge < -0.3 is 19.1 Å². The highest BCUT2D eigenvalue weighted by Gasteiger charge is 2.44. The number of aliphatic hydroxyl groups is 1. The smallest absolute Gasteiger partial charge is 0.459 e. The van der Waals surface area contributed by atoms with E-state index in [1.54, 1.807) is 32.0 Å². The molecule has 3 unspecified atom stereocenters. The van der Waals surface area contributed by atoms with Crippen LogP contribution in [0.5, 0.6) is 5.75 Å². The molecule has 3 N–H and O–H groups in total. The number of halogens is 2. The fourth-order valence-electron chi connectivity index (χ4n) is 2.80. The molecule has 0 fully saturated rings. The molecule has 37 heavy (non-hydrogen) atoms. The number of nitrogens with zero attached hydrogens (tertiary/aromatic N) is 1. The average molecular weight is 566 g/mol. The highest BCUT2D eigenvalue weighted by molar-refractivity contribution is 7.52. The van der Waals surface area contributed by atoms with E-state index in [-0.39, 0.29) is 5.75 Å². The van der Waals surface area contributed by atoms with Crippen LogP contribution >= 0.6 is 19.3 Å². The SMILES string of the molecule is CC(C)OC(=O)C(C)NP(=O)(OC[C@@](F)(O[C@H](CCl)n1ccc(=O)[nH]c1=O)C(C)O)Oc1ccccc1. The Hall–Kier alpha value is -2.54. The third-order valence-corrected chi connectivity index (χ3v) is 6.59. The van der Waals surface area contributed by atoms with Crippen molar-refractivity contribution < 1.29 is 37.4 Å². The molecule has 1 aromatic heterocycles. The first-order chi connectivity index (χ1) is 17.3. The number of para-hydroxylation sites is 1. The zero-order valence-electron chi connectivity index (χ0n) is 20.6. The maximum atomic E-state index is 15.8. The monoisotopic (exact) mass is 565 g/mol. The van der Waals surface area contributed by atoms with Crippen LogP contribution in [0.3, 0.4) is 0 Å². The van der Waals surface area contributed by atoms with Crippen molar-refractivity contribution in [3.63, 3.8) is 0 Å². The maximum Gasteiger partial charge on any atom is 0.459 e. The summed E-state index contributed by atoms with van der Waals surface area (Å²) in [4.78, 5) is 37.7. The number of benzene rings is 1. The standard InChI is InChI=1S/C22H30ClFN3O9P/c1-14(2)34-20(30)15(3)26-37(32,36-17-8-6-5-7-9-17)33-13-22(24,16(4)28)35-19(12-23)27-11-10-18(29)25-21(27)31/h5-11,14-16,19,28H,12-13H2,1-4H3,(H,26,32)(H,25,29,31)/t15?,16?,19-,22-,37?/m1/s1. The van der Waals surface area contributed by atoms with Crippen LogP contribution in [-0.4, -0.2) is 57.2 Å². The normalized spacial score (nSPS) is 17.3. The van der Waals surface area contributed by atoms with E-state index >= 15 is 4.39 Å². The molecule has 15 heteroatoms. The van der Waals surface area contributed by atoms with E-state index in [9.17, 15) is 24.1 Å². The van der Waals surface area contributed by atoms with Crippen molar-refractivity contribution in [3.05, 3.63) is 63.4 Å². The summed E-state index contributed by atoms with van der Waals surface area (Å²) in [5, 5.41) is 12.5. The molecule has 0 saturated carbocycles. The fraction of sp³-hybridized carbons (Fsp3) is 0.500. The van der Waals surface area contributed by atoms with Gasteiger partial charge >= 0.3 is 19.4 Å². The molecule has 206 valence electrons. The number of carbonyl (C=O) groups excluding carboxylic acids is 1. The number of ether oxygens (including phenoxy) is 2. The zero-order valence-corrected chi connectivity index (χ0v) is 22.3. The van der Waals surface area contributed by atoms with E-state index in [4.69, 9.17) is 30.1 Å².